The fourth-order valence-corrected chi connectivity index (χ4v) is 4.13. The third-order valence-electron chi connectivity index (χ3n) is 4.86. The molecular formula is C27H23F7O4S. The molecule has 0 N–H and O–H groups in total. The number of hydrogen-bond donors (Lipinski definition) is 0. The molecule has 0 aliphatic carbocycles. The molecule has 0 spiro atoms. The Morgan fingerprint density at radius 2 is 1.26 bits per heavy atom. The van der Waals surface area contributed by atoms with Gasteiger partial charge in [0.15, 0.2) is 11.6 Å². The molecule has 0 bridgehead atoms. The monoisotopic (exact) mass is 576 g/mol. The highest BCUT2D eigenvalue weighted by atomic mass is 32.2. The van der Waals surface area contributed by atoms with E-state index < -0.39 is 24.3 Å². The van der Waals surface area contributed by atoms with Crippen molar-refractivity contribution in [3.63, 3.8) is 0 Å². The van der Waals surface area contributed by atoms with Crippen LogP contribution in [0.1, 0.15) is 45.5 Å². The molecular weight excluding hydrogens is 553 g/mol. The largest absolute Gasteiger partial charge is 0.573 e. The second-order valence-electron chi connectivity index (χ2n) is 7.87. The summed E-state index contributed by atoms with van der Waals surface area (Å²) in [7, 11) is 0. The molecule has 0 aromatic heterocycles. The number of aldehydes is 2. The molecule has 0 saturated heterocycles. The maximum Gasteiger partial charge on any atom is 0.573 e. The normalized spacial score (nSPS) is 11.3. The first-order valence-electron chi connectivity index (χ1n) is 11.4. The number of thioether (sulfide) groups is 1. The minimum Gasteiger partial charge on any atom is -0.405 e. The summed E-state index contributed by atoms with van der Waals surface area (Å²) in [6.07, 6.45) is -5.00. The molecule has 0 fully saturated rings. The summed E-state index contributed by atoms with van der Waals surface area (Å²) < 4.78 is 92.6. The predicted molar refractivity (Wildman–Crippen MR) is 132 cm³/mol. The molecule has 0 aliphatic rings. The Morgan fingerprint density at radius 3 is 1.85 bits per heavy atom. The van der Waals surface area contributed by atoms with Gasteiger partial charge in [0.05, 0.1) is 0 Å². The van der Waals surface area contributed by atoms with E-state index in [0.29, 0.717) is 29.3 Å². The molecule has 3 rings (SSSR count). The van der Waals surface area contributed by atoms with Gasteiger partial charge in [0.25, 0.3) is 0 Å². The minimum absolute atomic E-state index is 0.0920. The summed E-state index contributed by atoms with van der Waals surface area (Å²) in [5, 5.41) is 0. The van der Waals surface area contributed by atoms with Crippen LogP contribution in [0.25, 0.3) is 0 Å². The van der Waals surface area contributed by atoms with Crippen molar-refractivity contribution in [2.24, 2.45) is 0 Å². The van der Waals surface area contributed by atoms with E-state index in [9.17, 15) is 40.3 Å². The number of halogens is 7. The Morgan fingerprint density at radius 1 is 0.692 bits per heavy atom. The molecule has 39 heavy (non-hydrogen) atoms. The van der Waals surface area contributed by atoms with Gasteiger partial charge >= 0.3 is 12.7 Å². The molecule has 0 radical (unpaired) electrons. The van der Waals surface area contributed by atoms with E-state index in [1.807, 2.05) is 18.2 Å². The summed E-state index contributed by atoms with van der Waals surface area (Å²) in [5.41, 5.74) is 1.36. The van der Waals surface area contributed by atoms with Gasteiger partial charge in [-0.1, -0.05) is 42.8 Å². The first kappa shape index (κ1) is 31.7. The van der Waals surface area contributed by atoms with Crippen molar-refractivity contribution in [3.05, 3.63) is 89.2 Å². The van der Waals surface area contributed by atoms with Crippen LogP contribution in [0.2, 0.25) is 0 Å². The van der Waals surface area contributed by atoms with Crippen molar-refractivity contribution in [1.29, 1.82) is 0 Å². The number of aryl methyl sites for hydroxylation is 1. The van der Waals surface area contributed by atoms with Crippen molar-refractivity contribution in [2.45, 2.75) is 43.3 Å². The quantitative estimate of drug-likeness (QED) is 0.0993. The molecule has 0 aliphatic heterocycles. The Balaban J connectivity index is 0.000000322. The first-order valence-corrected chi connectivity index (χ1v) is 12.4. The molecule has 0 unspecified atom stereocenters. The molecule has 4 nitrogen and oxygen atoms in total. The van der Waals surface area contributed by atoms with Crippen LogP contribution >= 0.6 is 11.8 Å². The van der Waals surface area contributed by atoms with Crippen LogP contribution in [0.3, 0.4) is 0 Å². The van der Waals surface area contributed by atoms with Gasteiger partial charge in [0.2, 0.25) is 0 Å². The Kier molecular flexibility index (Phi) is 12.3. The number of ether oxygens (including phenoxy) is 2. The van der Waals surface area contributed by atoms with E-state index in [1.54, 1.807) is 0 Å². The SMILES string of the molecule is O=Cc1ccc(F)c(OC(F)(F)F)c1.O=Cc1ccc(SCCCCCc2ccccc2)c(OC(F)(F)F)c1. The van der Waals surface area contributed by atoms with E-state index in [-0.39, 0.29) is 16.9 Å². The first-order chi connectivity index (χ1) is 18.4. The number of unbranched alkanes of at least 4 members (excludes halogenated alkanes) is 2. The van der Waals surface area contributed by atoms with Gasteiger partial charge in [-0.15, -0.1) is 38.1 Å². The molecule has 210 valence electrons. The standard InChI is InChI=1S/C19H19F3O2S.C8H4F4O2/c20-19(21,22)24-17-13-16(14-23)10-11-18(17)25-12-6-2-5-9-15-7-3-1-4-8-15;9-6-2-1-5(4-13)3-7(6)14-8(10,11)12/h1,3-4,7-8,10-11,13-14H,2,5-6,9,12H2;1-4H. The second-order valence-corrected chi connectivity index (χ2v) is 9.01. The zero-order valence-corrected chi connectivity index (χ0v) is 21.0. The topological polar surface area (TPSA) is 52.6 Å². The number of alkyl halides is 6. The molecule has 3 aromatic carbocycles. The van der Waals surface area contributed by atoms with Gasteiger partial charge < -0.3 is 9.47 Å². The average molecular weight is 577 g/mol. The highest BCUT2D eigenvalue weighted by molar-refractivity contribution is 7.99. The number of carbonyl (C=O) groups excluding carboxylic acids is 2. The number of hydrogen-bond acceptors (Lipinski definition) is 5. The second kappa shape index (κ2) is 15.2. The fraction of sp³-hybridized carbons (Fsp3) is 0.259. The van der Waals surface area contributed by atoms with E-state index in [4.69, 9.17) is 0 Å². The van der Waals surface area contributed by atoms with E-state index in [1.165, 1.54) is 29.5 Å². The van der Waals surface area contributed by atoms with Crippen molar-refractivity contribution in [1.82, 2.24) is 0 Å². The lowest BCUT2D eigenvalue weighted by Gasteiger charge is -2.13. The minimum atomic E-state index is -4.97. The lowest BCUT2D eigenvalue weighted by Crippen LogP contribution is -2.18. The smallest absolute Gasteiger partial charge is 0.405 e. The lowest BCUT2D eigenvalue weighted by molar-refractivity contribution is -0.276. The summed E-state index contributed by atoms with van der Waals surface area (Å²) >= 11 is 1.31. The van der Waals surface area contributed by atoms with Crippen LogP contribution in [0, 0.1) is 5.82 Å². The molecule has 0 amide bonds. The summed E-state index contributed by atoms with van der Waals surface area (Å²) in [6, 6.07) is 16.7. The molecule has 0 heterocycles. The number of carbonyl (C=O) groups is 2. The zero-order chi connectivity index (χ0) is 28.9. The van der Waals surface area contributed by atoms with Gasteiger partial charge in [-0.2, -0.15) is 0 Å². The summed E-state index contributed by atoms with van der Waals surface area (Å²) in [4.78, 5) is 21.3. The van der Waals surface area contributed by atoms with Crippen molar-refractivity contribution < 1.29 is 49.8 Å². The maximum atomic E-state index is 12.7. The molecule has 12 heteroatoms. The Labute approximate surface area is 224 Å². The van der Waals surface area contributed by atoms with Crippen molar-refractivity contribution >= 4 is 24.3 Å². The third-order valence-corrected chi connectivity index (χ3v) is 6.00. The third kappa shape index (κ3) is 12.7. The van der Waals surface area contributed by atoms with Crippen LogP contribution in [-0.4, -0.2) is 31.0 Å². The summed E-state index contributed by atoms with van der Waals surface area (Å²) in [6.45, 7) is 0. The lowest BCUT2D eigenvalue weighted by atomic mass is 10.1. The van der Waals surface area contributed by atoms with Crippen LogP contribution in [0.4, 0.5) is 30.7 Å². The molecule has 0 saturated carbocycles. The van der Waals surface area contributed by atoms with Crippen LogP contribution in [-0.2, 0) is 6.42 Å². The van der Waals surface area contributed by atoms with Gasteiger partial charge in [-0.25, -0.2) is 4.39 Å². The Bertz CT molecular complexity index is 1200. The van der Waals surface area contributed by atoms with E-state index >= 15 is 0 Å². The summed E-state index contributed by atoms with van der Waals surface area (Å²) in [5.74, 6) is -1.80. The van der Waals surface area contributed by atoms with Crippen molar-refractivity contribution in [3.8, 4) is 11.5 Å². The molecule has 0 atom stereocenters. The number of rotatable bonds is 11. The number of benzene rings is 3. The van der Waals surface area contributed by atoms with Crippen molar-refractivity contribution in [2.75, 3.05) is 5.75 Å². The van der Waals surface area contributed by atoms with Gasteiger partial charge in [0, 0.05) is 16.0 Å². The van der Waals surface area contributed by atoms with Crippen LogP contribution in [0.15, 0.2) is 71.6 Å². The maximum absolute atomic E-state index is 12.7. The predicted octanol–water partition coefficient (Wildman–Crippen LogP) is 8.44. The highest BCUT2D eigenvalue weighted by Crippen LogP contribution is 2.34. The average Bonchev–Trinajstić information content (AvgIpc) is 2.87. The van der Waals surface area contributed by atoms with Crippen LogP contribution in [0.5, 0.6) is 11.5 Å². The van der Waals surface area contributed by atoms with Gasteiger partial charge in [-0.3, -0.25) is 9.59 Å². The fourth-order valence-electron chi connectivity index (χ4n) is 3.15. The van der Waals surface area contributed by atoms with Crippen LogP contribution < -0.4 is 9.47 Å². The Hall–Kier alpha value is -3.54. The van der Waals surface area contributed by atoms with Gasteiger partial charge in [-0.05, 0) is 60.9 Å². The van der Waals surface area contributed by atoms with Gasteiger partial charge in [0.1, 0.15) is 18.3 Å². The molecule has 3 aromatic rings. The zero-order valence-electron chi connectivity index (χ0n) is 20.2. The van der Waals surface area contributed by atoms with E-state index in [0.717, 1.165) is 43.9 Å². The highest BCUT2D eigenvalue weighted by Gasteiger charge is 2.33. The van der Waals surface area contributed by atoms with E-state index in [2.05, 4.69) is 21.6 Å².